The number of nitrogens with one attached hydrogen (secondary N) is 1. The first-order valence-electron chi connectivity index (χ1n) is 10.6. The molecule has 0 atom stereocenters. The van der Waals surface area contributed by atoms with Crippen LogP contribution in [0.5, 0.6) is 0 Å². The van der Waals surface area contributed by atoms with E-state index in [0.29, 0.717) is 5.56 Å². The third-order valence-electron chi connectivity index (χ3n) is 5.76. The van der Waals surface area contributed by atoms with Crippen molar-refractivity contribution >= 4 is 23.1 Å². The number of nitrogens with zero attached hydrogens (tertiary/aromatic N) is 2. The van der Waals surface area contributed by atoms with Crippen molar-refractivity contribution in [3.63, 3.8) is 0 Å². The van der Waals surface area contributed by atoms with E-state index in [0.717, 1.165) is 43.5 Å². The Balaban J connectivity index is 1.26. The van der Waals surface area contributed by atoms with E-state index in [1.165, 1.54) is 19.4 Å². The maximum absolute atomic E-state index is 12.3. The standard InChI is InChI=1S/C24H29N3O2/c28-23(20-5-2-1-3-6-20)11-12-24(29)25-21-7-4-8-22(17-21)27-15-13-26(14-16-27)18-19-9-10-19/h1-8,17,19H,9-16,18H2,(H,25,29). The van der Waals surface area contributed by atoms with Crippen LogP contribution in [0, 0.1) is 5.92 Å². The van der Waals surface area contributed by atoms with E-state index in [1.807, 2.05) is 36.4 Å². The summed E-state index contributed by atoms with van der Waals surface area (Å²) >= 11 is 0. The zero-order valence-electron chi connectivity index (χ0n) is 16.8. The van der Waals surface area contributed by atoms with Gasteiger partial charge in [0, 0.05) is 62.5 Å². The van der Waals surface area contributed by atoms with Gasteiger partial charge in [0.05, 0.1) is 0 Å². The van der Waals surface area contributed by atoms with E-state index < -0.39 is 0 Å². The normalized spacial score (nSPS) is 17.2. The molecule has 29 heavy (non-hydrogen) atoms. The largest absolute Gasteiger partial charge is 0.369 e. The van der Waals surface area contributed by atoms with Gasteiger partial charge in [0.15, 0.2) is 5.78 Å². The lowest BCUT2D eigenvalue weighted by Gasteiger charge is -2.36. The van der Waals surface area contributed by atoms with Crippen molar-refractivity contribution in [2.45, 2.75) is 25.7 Å². The highest BCUT2D eigenvalue weighted by Crippen LogP contribution is 2.30. The highest BCUT2D eigenvalue weighted by atomic mass is 16.2. The monoisotopic (exact) mass is 391 g/mol. The van der Waals surface area contributed by atoms with Crippen molar-refractivity contribution in [3.05, 3.63) is 60.2 Å². The van der Waals surface area contributed by atoms with E-state index in [1.54, 1.807) is 12.1 Å². The second kappa shape index (κ2) is 9.23. The van der Waals surface area contributed by atoms with Gasteiger partial charge in [0.25, 0.3) is 0 Å². The highest BCUT2D eigenvalue weighted by molar-refractivity contribution is 6.00. The van der Waals surface area contributed by atoms with Gasteiger partial charge >= 0.3 is 0 Å². The van der Waals surface area contributed by atoms with Gasteiger partial charge in [0.1, 0.15) is 0 Å². The van der Waals surface area contributed by atoms with E-state index in [-0.39, 0.29) is 24.5 Å². The summed E-state index contributed by atoms with van der Waals surface area (Å²) in [6, 6.07) is 17.2. The zero-order chi connectivity index (χ0) is 20.1. The molecule has 1 saturated carbocycles. The lowest BCUT2D eigenvalue weighted by atomic mass is 10.1. The Kier molecular flexibility index (Phi) is 6.25. The van der Waals surface area contributed by atoms with Gasteiger partial charge in [0.2, 0.25) is 5.91 Å². The number of benzene rings is 2. The summed E-state index contributed by atoms with van der Waals surface area (Å²) in [6.07, 6.45) is 3.22. The minimum atomic E-state index is -0.124. The van der Waals surface area contributed by atoms with Gasteiger partial charge in [-0.3, -0.25) is 14.5 Å². The van der Waals surface area contributed by atoms with E-state index in [9.17, 15) is 9.59 Å². The Morgan fingerprint density at radius 2 is 1.66 bits per heavy atom. The van der Waals surface area contributed by atoms with Crippen LogP contribution >= 0.6 is 0 Å². The molecular weight excluding hydrogens is 362 g/mol. The number of amides is 1. The summed E-state index contributed by atoms with van der Waals surface area (Å²) in [5.41, 5.74) is 2.59. The van der Waals surface area contributed by atoms with Gasteiger partial charge in [-0.15, -0.1) is 0 Å². The Hall–Kier alpha value is -2.66. The van der Waals surface area contributed by atoms with Crippen LogP contribution in [-0.2, 0) is 4.79 Å². The Morgan fingerprint density at radius 1 is 0.897 bits per heavy atom. The maximum Gasteiger partial charge on any atom is 0.224 e. The molecule has 0 radical (unpaired) electrons. The molecule has 1 amide bonds. The molecule has 2 aliphatic rings. The lowest BCUT2D eigenvalue weighted by molar-refractivity contribution is -0.116. The van der Waals surface area contributed by atoms with Gasteiger partial charge < -0.3 is 10.2 Å². The molecule has 1 heterocycles. The fourth-order valence-electron chi connectivity index (χ4n) is 3.85. The number of anilines is 2. The van der Waals surface area contributed by atoms with Crippen molar-refractivity contribution in [2.24, 2.45) is 5.92 Å². The lowest BCUT2D eigenvalue weighted by Crippen LogP contribution is -2.47. The van der Waals surface area contributed by atoms with Crippen LogP contribution in [0.3, 0.4) is 0 Å². The summed E-state index contributed by atoms with van der Waals surface area (Å²) in [5, 5.41) is 2.94. The summed E-state index contributed by atoms with van der Waals surface area (Å²) in [4.78, 5) is 29.4. The number of carbonyl (C=O) groups excluding carboxylic acids is 2. The van der Waals surface area contributed by atoms with Crippen molar-refractivity contribution in [1.82, 2.24) is 4.90 Å². The molecular formula is C24H29N3O2. The van der Waals surface area contributed by atoms with Gasteiger partial charge in [-0.25, -0.2) is 0 Å². The average molecular weight is 392 g/mol. The topological polar surface area (TPSA) is 52.7 Å². The number of hydrogen-bond acceptors (Lipinski definition) is 4. The molecule has 2 fully saturated rings. The third kappa shape index (κ3) is 5.67. The second-order valence-electron chi connectivity index (χ2n) is 8.12. The second-order valence-corrected chi connectivity index (χ2v) is 8.12. The predicted molar refractivity (Wildman–Crippen MR) is 116 cm³/mol. The van der Waals surface area contributed by atoms with Gasteiger partial charge in [-0.05, 0) is 37.0 Å². The molecule has 0 bridgehead atoms. The van der Waals surface area contributed by atoms with Crippen LogP contribution in [0.1, 0.15) is 36.0 Å². The van der Waals surface area contributed by atoms with E-state index >= 15 is 0 Å². The highest BCUT2D eigenvalue weighted by Gasteiger charge is 2.26. The van der Waals surface area contributed by atoms with E-state index in [4.69, 9.17) is 0 Å². The minimum absolute atomic E-state index is 0.00132. The van der Waals surface area contributed by atoms with Crippen LogP contribution in [0.15, 0.2) is 54.6 Å². The van der Waals surface area contributed by atoms with Crippen LogP contribution < -0.4 is 10.2 Å². The first-order chi connectivity index (χ1) is 14.2. The van der Waals surface area contributed by atoms with E-state index in [2.05, 4.69) is 21.2 Å². The summed E-state index contributed by atoms with van der Waals surface area (Å²) < 4.78 is 0. The number of carbonyl (C=O) groups is 2. The quantitative estimate of drug-likeness (QED) is 0.695. The molecule has 1 saturated heterocycles. The first kappa shape index (κ1) is 19.6. The molecule has 5 heteroatoms. The average Bonchev–Trinajstić information content (AvgIpc) is 3.57. The summed E-state index contributed by atoms with van der Waals surface area (Å²) in [5.74, 6) is 0.813. The molecule has 4 rings (SSSR count). The maximum atomic E-state index is 12.3. The first-order valence-corrected chi connectivity index (χ1v) is 10.6. The van der Waals surface area contributed by atoms with Gasteiger partial charge in [-0.1, -0.05) is 36.4 Å². The molecule has 2 aromatic carbocycles. The molecule has 1 aliphatic heterocycles. The summed E-state index contributed by atoms with van der Waals surface area (Å²) in [6.45, 7) is 5.51. The van der Waals surface area contributed by atoms with Crippen LogP contribution in [0.4, 0.5) is 11.4 Å². The zero-order valence-corrected chi connectivity index (χ0v) is 16.8. The molecule has 1 aliphatic carbocycles. The number of hydrogen-bond donors (Lipinski definition) is 1. The van der Waals surface area contributed by atoms with Crippen LogP contribution in [-0.4, -0.2) is 49.3 Å². The minimum Gasteiger partial charge on any atom is -0.369 e. The van der Waals surface area contributed by atoms with Crippen molar-refractivity contribution in [2.75, 3.05) is 42.9 Å². The molecule has 0 spiro atoms. The SMILES string of the molecule is O=C(CCC(=O)c1ccccc1)Nc1cccc(N2CCN(CC3CC3)CC2)c1. The summed E-state index contributed by atoms with van der Waals surface area (Å²) in [7, 11) is 0. The Labute approximate surface area is 172 Å². The van der Waals surface area contributed by atoms with Crippen molar-refractivity contribution < 1.29 is 9.59 Å². The Morgan fingerprint density at radius 3 is 2.38 bits per heavy atom. The van der Waals surface area contributed by atoms with Crippen LogP contribution in [0.25, 0.3) is 0 Å². The Bertz CT molecular complexity index is 840. The van der Waals surface area contributed by atoms with Gasteiger partial charge in [-0.2, -0.15) is 0 Å². The number of ketones is 1. The number of rotatable bonds is 8. The smallest absolute Gasteiger partial charge is 0.224 e. The molecule has 152 valence electrons. The molecule has 2 aromatic rings. The number of piperazine rings is 1. The van der Waals surface area contributed by atoms with Crippen molar-refractivity contribution in [3.8, 4) is 0 Å². The third-order valence-corrected chi connectivity index (χ3v) is 5.76. The fourth-order valence-corrected chi connectivity index (χ4v) is 3.85. The predicted octanol–water partition coefficient (Wildman–Crippen LogP) is 3.82. The van der Waals surface area contributed by atoms with Crippen LogP contribution in [0.2, 0.25) is 0 Å². The number of Topliss-reactive ketones (excluding diaryl/α,β-unsaturated/α-hetero) is 1. The molecule has 1 N–H and O–H groups in total. The fraction of sp³-hybridized carbons (Fsp3) is 0.417. The van der Waals surface area contributed by atoms with Crippen molar-refractivity contribution in [1.29, 1.82) is 0 Å². The molecule has 0 unspecified atom stereocenters. The molecule has 0 aromatic heterocycles. The molecule has 5 nitrogen and oxygen atoms in total.